The molecule has 1 fully saturated rings. The van der Waals surface area contributed by atoms with E-state index in [4.69, 9.17) is 5.11 Å². The van der Waals surface area contributed by atoms with Gasteiger partial charge in [0.25, 0.3) is 5.91 Å². The fraction of sp³-hybridized carbons (Fsp3) is 0.533. The van der Waals surface area contributed by atoms with E-state index in [-0.39, 0.29) is 23.3 Å². The van der Waals surface area contributed by atoms with Crippen LogP contribution in [0.3, 0.4) is 0 Å². The second kappa shape index (κ2) is 6.50. The summed E-state index contributed by atoms with van der Waals surface area (Å²) >= 11 is 0. The summed E-state index contributed by atoms with van der Waals surface area (Å²) in [4.78, 5) is 26.8. The number of aromatic nitrogens is 1. The molecule has 1 aromatic rings. The van der Waals surface area contributed by atoms with E-state index in [0.29, 0.717) is 5.92 Å². The van der Waals surface area contributed by atoms with Gasteiger partial charge in [0.05, 0.1) is 0 Å². The molecule has 0 aromatic carbocycles. The molecule has 0 bridgehead atoms. The molecule has 1 aromatic heterocycles. The van der Waals surface area contributed by atoms with Crippen molar-refractivity contribution >= 4 is 11.9 Å². The molecule has 2 N–H and O–H groups in total. The van der Waals surface area contributed by atoms with Gasteiger partial charge in [-0.1, -0.05) is 25.8 Å². The summed E-state index contributed by atoms with van der Waals surface area (Å²) in [5.74, 6) is -0.694. The van der Waals surface area contributed by atoms with E-state index in [1.165, 1.54) is 12.5 Å². The Hall–Kier alpha value is -1.91. The average Bonchev–Trinajstić information content (AvgIpc) is 2.64. The Balaban J connectivity index is 2.00. The number of carboxylic acids is 1. The van der Waals surface area contributed by atoms with Crippen molar-refractivity contribution in [3.05, 3.63) is 29.6 Å². The Bertz CT molecular complexity index is 502. The number of carbonyl (C=O) groups is 2. The van der Waals surface area contributed by atoms with Gasteiger partial charge in [0, 0.05) is 6.04 Å². The van der Waals surface area contributed by atoms with E-state index in [1.54, 1.807) is 12.1 Å². The quantitative estimate of drug-likeness (QED) is 0.831. The highest BCUT2D eigenvalue weighted by Gasteiger charge is 2.19. The van der Waals surface area contributed by atoms with E-state index in [9.17, 15) is 9.59 Å². The van der Waals surface area contributed by atoms with Crippen LogP contribution in [0.15, 0.2) is 18.2 Å². The maximum atomic E-state index is 12.1. The lowest BCUT2D eigenvalue weighted by Gasteiger charge is -2.16. The summed E-state index contributed by atoms with van der Waals surface area (Å²) in [7, 11) is 0. The molecule has 2 unspecified atom stereocenters. The maximum Gasteiger partial charge on any atom is 0.354 e. The van der Waals surface area contributed by atoms with Gasteiger partial charge in [-0.25, -0.2) is 9.78 Å². The lowest BCUT2D eigenvalue weighted by molar-refractivity contribution is 0.0690. The molecule has 1 amide bonds. The van der Waals surface area contributed by atoms with Crippen LogP contribution in [0, 0.1) is 5.92 Å². The minimum Gasteiger partial charge on any atom is -0.477 e. The molecule has 1 aliphatic rings. The average molecular weight is 276 g/mol. The molecule has 2 rings (SSSR count). The van der Waals surface area contributed by atoms with Gasteiger partial charge in [0.15, 0.2) is 0 Å². The summed E-state index contributed by atoms with van der Waals surface area (Å²) in [5, 5.41) is 11.9. The van der Waals surface area contributed by atoms with Crippen molar-refractivity contribution in [1.82, 2.24) is 10.3 Å². The Morgan fingerprint density at radius 1 is 1.20 bits per heavy atom. The van der Waals surface area contributed by atoms with Crippen LogP contribution in [0.5, 0.6) is 0 Å². The molecule has 0 saturated heterocycles. The number of carboxylic acid groups (broad SMARTS) is 1. The van der Waals surface area contributed by atoms with Crippen LogP contribution in [0.25, 0.3) is 0 Å². The second-order valence-corrected chi connectivity index (χ2v) is 5.50. The van der Waals surface area contributed by atoms with E-state index in [1.807, 2.05) is 0 Å². The molecule has 5 nitrogen and oxygen atoms in total. The molecule has 20 heavy (non-hydrogen) atoms. The Kier molecular flexibility index (Phi) is 4.71. The zero-order valence-corrected chi connectivity index (χ0v) is 11.6. The van der Waals surface area contributed by atoms with Crippen molar-refractivity contribution in [2.45, 2.75) is 45.1 Å². The van der Waals surface area contributed by atoms with Gasteiger partial charge in [0.1, 0.15) is 11.4 Å². The van der Waals surface area contributed by atoms with Gasteiger partial charge in [-0.15, -0.1) is 0 Å². The van der Waals surface area contributed by atoms with Gasteiger partial charge < -0.3 is 10.4 Å². The van der Waals surface area contributed by atoms with E-state index in [0.717, 1.165) is 25.7 Å². The first-order chi connectivity index (χ1) is 9.56. The Morgan fingerprint density at radius 3 is 2.70 bits per heavy atom. The predicted octanol–water partition coefficient (Wildman–Crippen LogP) is 2.48. The lowest BCUT2D eigenvalue weighted by atomic mass is 10.0. The summed E-state index contributed by atoms with van der Waals surface area (Å²) < 4.78 is 0. The monoisotopic (exact) mass is 276 g/mol. The molecule has 5 heteroatoms. The molecule has 1 heterocycles. The molecular weight excluding hydrogens is 256 g/mol. The van der Waals surface area contributed by atoms with Gasteiger partial charge in [-0.05, 0) is 37.3 Å². The van der Waals surface area contributed by atoms with Crippen molar-refractivity contribution in [3.8, 4) is 0 Å². The van der Waals surface area contributed by atoms with Crippen molar-refractivity contribution in [1.29, 1.82) is 0 Å². The molecule has 108 valence electrons. The van der Waals surface area contributed by atoms with Crippen LogP contribution in [0.1, 0.15) is 60.0 Å². The number of carbonyl (C=O) groups excluding carboxylic acids is 1. The summed E-state index contributed by atoms with van der Waals surface area (Å²) in [5.41, 5.74) is 0.0642. The molecule has 0 spiro atoms. The van der Waals surface area contributed by atoms with E-state index >= 15 is 0 Å². The number of rotatable bonds is 3. The van der Waals surface area contributed by atoms with Gasteiger partial charge in [-0.3, -0.25) is 4.79 Å². The fourth-order valence-corrected chi connectivity index (χ4v) is 2.57. The van der Waals surface area contributed by atoms with E-state index < -0.39 is 5.97 Å². The van der Waals surface area contributed by atoms with Crippen LogP contribution in [-0.4, -0.2) is 28.0 Å². The first-order valence-electron chi connectivity index (χ1n) is 7.07. The Morgan fingerprint density at radius 2 is 1.95 bits per heavy atom. The topological polar surface area (TPSA) is 79.3 Å². The van der Waals surface area contributed by atoms with Gasteiger partial charge >= 0.3 is 5.97 Å². The van der Waals surface area contributed by atoms with Crippen molar-refractivity contribution in [2.24, 2.45) is 5.92 Å². The Labute approximate surface area is 118 Å². The standard InChI is InChI=1S/C15H20N2O3/c1-10-4-2-5-11(9-8-10)16-14(18)12-6-3-7-13(17-12)15(19)20/h3,6-7,10-11H,2,4-5,8-9H2,1H3,(H,16,18)(H,19,20). The minimum atomic E-state index is -1.12. The number of pyridine rings is 1. The molecule has 0 radical (unpaired) electrons. The third-order valence-corrected chi connectivity index (χ3v) is 3.79. The molecule has 1 aliphatic carbocycles. The fourth-order valence-electron chi connectivity index (χ4n) is 2.57. The van der Waals surface area contributed by atoms with Crippen molar-refractivity contribution in [3.63, 3.8) is 0 Å². The molecule has 2 atom stereocenters. The van der Waals surface area contributed by atoms with Crippen LogP contribution in [0.4, 0.5) is 0 Å². The molecular formula is C15H20N2O3. The summed E-state index contributed by atoms with van der Waals surface area (Å²) in [6.07, 6.45) is 5.40. The largest absolute Gasteiger partial charge is 0.477 e. The third-order valence-electron chi connectivity index (χ3n) is 3.79. The van der Waals surface area contributed by atoms with Gasteiger partial charge in [0.2, 0.25) is 0 Å². The predicted molar refractivity (Wildman–Crippen MR) is 74.7 cm³/mol. The highest BCUT2D eigenvalue weighted by Crippen LogP contribution is 2.22. The zero-order chi connectivity index (χ0) is 14.5. The number of amides is 1. The molecule has 1 saturated carbocycles. The second-order valence-electron chi connectivity index (χ2n) is 5.50. The highest BCUT2D eigenvalue weighted by molar-refractivity contribution is 5.94. The van der Waals surface area contributed by atoms with Crippen LogP contribution >= 0.6 is 0 Å². The van der Waals surface area contributed by atoms with E-state index in [2.05, 4.69) is 17.2 Å². The number of nitrogens with zero attached hydrogens (tertiary/aromatic N) is 1. The smallest absolute Gasteiger partial charge is 0.354 e. The third kappa shape index (κ3) is 3.79. The zero-order valence-electron chi connectivity index (χ0n) is 11.6. The first kappa shape index (κ1) is 14.5. The molecule has 0 aliphatic heterocycles. The maximum absolute atomic E-state index is 12.1. The number of hydrogen-bond acceptors (Lipinski definition) is 3. The number of aromatic carboxylic acids is 1. The summed E-state index contributed by atoms with van der Waals surface area (Å²) in [6.45, 7) is 2.24. The van der Waals surface area contributed by atoms with Crippen molar-refractivity contribution in [2.75, 3.05) is 0 Å². The minimum absolute atomic E-state index is 0.105. The normalized spacial score (nSPS) is 22.9. The lowest BCUT2D eigenvalue weighted by Crippen LogP contribution is -2.35. The van der Waals surface area contributed by atoms with Crippen LogP contribution in [-0.2, 0) is 0 Å². The van der Waals surface area contributed by atoms with Crippen molar-refractivity contribution < 1.29 is 14.7 Å². The SMILES string of the molecule is CC1CCCC(NC(=O)c2cccc(C(=O)O)n2)CC1. The van der Waals surface area contributed by atoms with Crippen LogP contribution < -0.4 is 5.32 Å². The number of nitrogens with one attached hydrogen (secondary N) is 1. The summed E-state index contributed by atoms with van der Waals surface area (Å²) in [6, 6.07) is 4.64. The number of hydrogen-bond donors (Lipinski definition) is 2. The first-order valence-corrected chi connectivity index (χ1v) is 7.07. The van der Waals surface area contributed by atoms with Gasteiger partial charge in [-0.2, -0.15) is 0 Å². The highest BCUT2D eigenvalue weighted by atomic mass is 16.4. The van der Waals surface area contributed by atoms with Crippen LogP contribution in [0.2, 0.25) is 0 Å².